The van der Waals surface area contributed by atoms with Gasteiger partial charge < -0.3 is 19.3 Å². The number of fused-ring (bicyclic) bond motifs is 6. The van der Waals surface area contributed by atoms with Gasteiger partial charge in [-0.3, -0.25) is 0 Å². The average molecular weight is 1350 g/mol. The third-order valence-electron chi connectivity index (χ3n) is 19.4. The fourth-order valence-corrected chi connectivity index (χ4v) is 14.9. The molecule has 0 N–H and O–H groups in total. The van der Waals surface area contributed by atoms with Crippen molar-refractivity contribution in [3.63, 3.8) is 0 Å². The van der Waals surface area contributed by atoms with Crippen LogP contribution in [0.1, 0.15) is 55.6 Å². The number of benzene rings is 14. The molecule has 0 amide bonds. The summed E-state index contributed by atoms with van der Waals surface area (Å²) in [6, 6.07) is 84.6. The maximum atomic E-state index is 17.0. The predicted molar refractivity (Wildman–Crippen MR) is 389 cm³/mol. The fourth-order valence-electron chi connectivity index (χ4n) is 14.9. The number of ether oxygens (including phenoxy) is 2. The molecule has 0 aliphatic heterocycles. The topological polar surface area (TPSA) is 24.9 Å². The summed E-state index contributed by atoms with van der Waals surface area (Å²) in [5, 5.41) is 0. The van der Waals surface area contributed by atoms with Gasteiger partial charge in [-0.15, -0.1) is 0 Å². The predicted octanol–water partition coefficient (Wildman–Crippen LogP) is 25.0. The van der Waals surface area contributed by atoms with Gasteiger partial charge in [0, 0.05) is 57.4 Å². The van der Waals surface area contributed by atoms with Crippen LogP contribution in [0.15, 0.2) is 316 Å². The Kier molecular flexibility index (Phi) is 16.2. The van der Waals surface area contributed by atoms with E-state index >= 15 is 35.1 Å². The van der Waals surface area contributed by atoms with E-state index in [1.165, 1.54) is 48.5 Å². The highest BCUT2D eigenvalue weighted by atomic mass is 19.2. The van der Waals surface area contributed by atoms with Gasteiger partial charge in [0.15, 0.2) is 23.3 Å². The Morgan fingerprint density at radius 1 is 0.255 bits per heavy atom. The van der Waals surface area contributed by atoms with E-state index in [0.717, 1.165) is 57.6 Å². The van der Waals surface area contributed by atoms with Crippen molar-refractivity contribution in [1.29, 1.82) is 0 Å². The molecule has 12 heteroatoms. The summed E-state index contributed by atoms with van der Waals surface area (Å²) >= 11 is 0. The van der Waals surface area contributed by atoms with E-state index in [2.05, 4.69) is 13.2 Å². The van der Waals surface area contributed by atoms with Gasteiger partial charge in [-0.05, 0) is 223 Å². The van der Waals surface area contributed by atoms with Crippen molar-refractivity contribution in [2.45, 2.75) is 10.8 Å². The van der Waals surface area contributed by atoms with Gasteiger partial charge in [0.25, 0.3) is 0 Å². The summed E-state index contributed by atoms with van der Waals surface area (Å²) in [5.74, 6) is -5.35. The summed E-state index contributed by atoms with van der Waals surface area (Å²) in [5.41, 5.74) is 8.23. The standard InChI is InChI=1S/C90H56F8N2O2/c1-3-55-19-39-67(40-20-55)101-69-43-27-59(28-44-69)89(87-81(93)15-9-16-82(87)94)75-13-7-5-11-71(75)73-47-35-63(51-77(73)89)99(65-37-49-79(91)85(97)53-65)61-31-23-57(24-32-61)58-25-33-62(34-26-58)100(66-38-50-80(92)86(98)54-66)64-36-48-74-72-12-6-8-14-76(72)90(78(74)52-64,88-83(95)17-10-18-84(88)96)60-29-45-70(46-30-60)102-68-41-21-56(4-2)22-42-68/h3-54H,1-2H2. The fraction of sp³-hybridized carbons (Fsp3) is 0.0222. The van der Waals surface area contributed by atoms with Crippen molar-refractivity contribution in [1.82, 2.24) is 0 Å². The normalized spacial score (nSPS) is 14.6. The SMILES string of the molecule is C=Cc1ccc(Oc2ccc(C3(c4c(F)cccc4F)c4ccccc4-c4ccc(N(c5ccc(-c6ccc(N(c7ccc(F)c(F)c7)c7ccc8c(c7)C(c7ccc(Oc9ccc(C=C)cc9)cc7)(c7c(F)cccc7F)c7ccccc7-8)cc6)cc5)c5ccc(F)c(F)c5)cc43)cc2)cc1. The van der Waals surface area contributed by atoms with Gasteiger partial charge in [-0.2, -0.15) is 0 Å². The highest BCUT2D eigenvalue weighted by Gasteiger charge is 2.51. The Labute approximate surface area is 583 Å². The molecule has 16 rings (SSSR count). The number of anilines is 6. The summed E-state index contributed by atoms with van der Waals surface area (Å²) in [6.07, 6.45) is 3.46. The van der Waals surface area contributed by atoms with Crippen molar-refractivity contribution in [2.24, 2.45) is 0 Å². The second kappa shape index (κ2) is 25.8. The van der Waals surface area contributed by atoms with Gasteiger partial charge >= 0.3 is 0 Å². The first kappa shape index (κ1) is 63.9. The van der Waals surface area contributed by atoms with Crippen molar-refractivity contribution in [2.75, 3.05) is 9.80 Å². The molecule has 2 aliphatic rings. The summed E-state index contributed by atoms with van der Waals surface area (Å²) in [7, 11) is 0. The molecule has 2 atom stereocenters. The van der Waals surface area contributed by atoms with Crippen LogP contribution in [0.25, 0.3) is 45.5 Å². The zero-order chi connectivity index (χ0) is 70.0. The Morgan fingerprint density at radius 3 is 0.902 bits per heavy atom. The van der Waals surface area contributed by atoms with Crippen LogP contribution in [0.3, 0.4) is 0 Å². The van der Waals surface area contributed by atoms with Crippen LogP contribution >= 0.6 is 0 Å². The number of hydrogen-bond donors (Lipinski definition) is 0. The number of rotatable bonds is 17. The largest absolute Gasteiger partial charge is 0.457 e. The Hall–Kier alpha value is -12.8. The molecule has 0 aromatic heterocycles. The lowest BCUT2D eigenvalue weighted by atomic mass is 9.67. The molecule has 0 saturated heterocycles. The maximum absolute atomic E-state index is 17.0. The lowest BCUT2D eigenvalue weighted by molar-refractivity contribution is 0.481. The van der Waals surface area contributed by atoms with Gasteiger partial charge in [0.1, 0.15) is 46.3 Å². The highest BCUT2D eigenvalue weighted by molar-refractivity contribution is 5.92. The van der Waals surface area contributed by atoms with Crippen LogP contribution in [-0.2, 0) is 10.8 Å². The molecule has 0 radical (unpaired) electrons. The molecule has 102 heavy (non-hydrogen) atoms. The molecule has 4 nitrogen and oxygen atoms in total. The van der Waals surface area contributed by atoms with E-state index in [-0.39, 0.29) is 22.5 Å². The third kappa shape index (κ3) is 10.8. The van der Waals surface area contributed by atoms with E-state index in [1.54, 1.807) is 70.5 Å². The minimum Gasteiger partial charge on any atom is -0.457 e. The first-order valence-corrected chi connectivity index (χ1v) is 32.8. The summed E-state index contributed by atoms with van der Waals surface area (Å²) in [4.78, 5) is 3.49. The molecule has 0 heterocycles. The second-order valence-corrected chi connectivity index (χ2v) is 25.0. The van der Waals surface area contributed by atoms with E-state index in [9.17, 15) is 0 Å². The molecule has 0 fully saturated rings. The van der Waals surface area contributed by atoms with Crippen LogP contribution in [0, 0.1) is 46.5 Å². The Balaban J connectivity index is 0.786. The van der Waals surface area contributed by atoms with E-state index in [1.807, 2.05) is 182 Å². The van der Waals surface area contributed by atoms with Crippen molar-refractivity contribution in [3.05, 3.63) is 419 Å². The molecule has 0 saturated carbocycles. The molecular formula is C90H56F8N2O2. The van der Waals surface area contributed by atoms with Crippen molar-refractivity contribution >= 4 is 46.3 Å². The summed E-state index contributed by atoms with van der Waals surface area (Å²) in [6.45, 7) is 7.67. The second-order valence-electron chi connectivity index (χ2n) is 25.0. The first-order chi connectivity index (χ1) is 49.7. The maximum Gasteiger partial charge on any atom is 0.160 e. The van der Waals surface area contributed by atoms with Gasteiger partial charge in [-0.1, -0.05) is 171 Å². The molecule has 14 aromatic rings. The zero-order valence-corrected chi connectivity index (χ0v) is 54.2. The number of halogens is 8. The lowest BCUT2D eigenvalue weighted by Gasteiger charge is -2.35. The minimum absolute atomic E-state index is 0.210. The Bertz CT molecular complexity index is 5220. The third-order valence-corrected chi connectivity index (χ3v) is 19.4. The lowest BCUT2D eigenvalue weighted by Crippen LogP contribution is -2.31. The monoisotopic (exact) mass is 1350 g/mol. The van der Waals surface area contributed by atoms with Crippen LogP contribution in [0.5, 0.6) is 23.0 Å². The van der Waals surface area contributed by atoms with E-state index in [0.29, 0.717) is 90.3 Å². The first-order valence-electron chi connectivity index (χ1n) is 32.8. The van der Waals surface area contributed by atoms with Crippen molar-refractivity contribution in [3.8, 4) is 56.4 Å². The number of hydrogen-bond acceptors (Lipinski definition) is 4. The van der Waals surface area contributed by atoms with Gasteiger partial charge in [-0.25, -0.2) is 35.1 Å². The van der Waals surface area contributed by atoms with Gasteiger partial charge in [0.2, 0.25) is 0 Å². The highest BCUT2D eigenvalue weighted by Crippen LogP contribution is 2.61. The van der Waals surface area contributed by atoms with E-state index in [4.69, 9.17) is 9.47 Å². The van der Waals surface area contributed by atoms with Crippen LogP contribution in [-0.4, -0.2) is 0 Å². The van der Waals surface area contributed by atoms with Crippen LogP contribution in [0.2, 0.25) is 0 Å². The molecule has 2 aliphatic carbocycles. The molecule has 494 valence electrons. The minimum atomic E-state index is -1.61. The molecular weight excluding hydrogens is 1290 g/mol. The van der Waals surface area contributed by atoms with Crippen LogP contribution in [0.4, 0.5) is 69.2 Å². The van der Waals surface area contributed by atoms with Crippen LogP contribution < -0.4 is 19.3 Å². The summed E-state index contributed by atoms with van der Waals surface area (Å²) < 4.78 is 142. The molecule has 0 bridgehead atoms. The quantitative estimate of drug-likeness (QED) is 0.0849. The molecule has 0 spiro atoms. The molecule has 14 aromatic carbocycles. The smallest absolute Gasteiger partial charge is 0.160 e. The van der Waals surface area contributed by atoms with Crippen molar-refractivity contribution < 1.29 is 44.6 Å². The molecule has 2 unspecified atom stereocenters. The number of nitrogens with zero attached hydrogens (tertiary/aromatic N) is 2. The Morgan fingerprint density at radius 2 is 0.559 bits per heavy atom. The average Bonchev–Trinajstić information content (AvgIpc) is 1.53. The van der Waals surface area contributed by atoms with E-state index < -0.39 is 57.4 Å². The zero-order valence-electron chi connectivity index (χ0n) is 54.2. The van der Waals surface area contributed by atoms with Gasteiger partial charge in [0.05, 0.1) is 10.8 Å².